The summed E-state index contributed by atoms with van der Waals surface area (Å²) in [7, 11) is 0. The van der Waals surface area contributed by atoms with Crippen LogP contribution in [0.5, 0.6) is 0 Å². The van der Waals surface area contributed by atoms with Crippen LogP contribution in [-0.4, -0.2) is 70.6 Å². The third kappa shape index (κ3) is 5.81. The molecule has 51 heavy (non-hydrogen) atoms. The molecule has 7 fully saturated rings. The van der Waals surface area contributed by atoms with Gasteiger partial charge in [-0.1, -0.05) is 25.4 Å². The van der Waals surface area contributed by atoms with Crippen LogP contribution >= 0.6 is 11.6 Å². The van der Waals surface area contributed by atoms with Gasteiger partial charge in [0, 0.05) is 56.0 Å². The van der Waals surface area contributed by atoms with E-state index in [1.807, 2.05) is 13.8 Å². The minimum atomic E-state index is -1.38. The number of pyridine rings is 1. The maximum Gasteiger partial charge on any atom is 0.341 e. The van der Waals surface area contributed by atoms with Gasteiger partial charge in [0.2, 0.25) is 23.4 Å². The first-order chi connectivity index (χ1) is 24.3. The molecule has 13 nitrogen and oxygen atoms in total. The van der Waals surface area contributed by atoms with Crippen molar-refractivity contribution in [2.24, 2.45) is 23.7 Å². The average Bonchev–Trinajstić information content (AvgIpc) is 3.87. The highest BCUT2D eigenvalue weighted by Gasteiger charge is 2.69. The van der Waals surface area contributed by atoms with E-state index in [0.717, 1.165) is 38.2 Å². The van der Waals surface area contributed by atoms with Gasteiger partial charge in [-0.05, 0) is 63.4 Å². The molecule has 276 valence electrons. The zero-order valence-electron chi connectivity index (χ0n) is 28.8. The number of benzene rings is 1. The number of halogens is 2. The summed E-state index contributed by atoms with van der Waals surface area (Å²) < 4.78 is 35.7. The van der Waals surface area contributed by atoms with Crippen LogP contribution < -0.4 is 15.6 Å². The van der Waals surface area contributed by atoms with E-state index in [1.54, 1.807) is 9.47 Å². The fourth-order valence-corrected chi connectivity index (χ4v) is 9.72. The summed E-state index contributed by atoms with van der Waals surface area (Å²) in [6.45, 7) is 6.68. The lowest BCUT2D eigenvalue weighted by molar-refractivity contribution is -0.576. The molecule has 2 bridgehead atoms. The number of rotatable bonds is 8. The Balaban J connectivity index is 0.894. The van der Waals surface area contributed by atoms with Gasteiger partial charge in [-0.25, -0.2) is 19.0 Å². The third-order valence-corrected chi connectivity index (χ3v) is 12.5. The van der Waals surface area contributed by atoms with Crippen molar-refractivity contribution in [3.05, 3.63) is 38.9 Å². The number of carbonyl (C=O) groups excluding carboxylic acids is 2. The van der Waals surface area contributed by atoms with E-state index in [2.05, 4.69) is 12.2 Å². The van der Waals surface area contributed by atoms with Crippen molar-refractivity contribution in [1.29, 1.82) is 0 Å². The van der Waals surface area contributed by atoms with Gasteiger partial charge in [-0.3, -0.25) is 14.4 Å². The summed E-state index contributed by atoms with van der Waals surface area (Å²) in [5.74, 6) is -3.59. The Kier molecular flexibility index (Phi) is 8.64. The molecule has 3 unspecified atom stereocenters. The second-order valence-electron chi connectivity index (χ2n) is 15.5. The maximum atomic E-state index is 15.6. The molecular weight excluding hydrogens is 689 g/mol. The van der Waals surface area contributed by atoms with Gasteiger partial charge in [-0.2, -0.15) is 0 Å². The third-order valence-electron chi connectivity index (χ3n) is 12.1. The monoisotopic (exact) mass is 731 g/mol. The fraction of sp³-hybridized carbons (Fsp3) is 0.667. The van der Waals surface area contributed by atoms with E-state index in [-0.39, 0.29) is 71.2 Å². The van der Waals surface area contributed by atoms with E-state index >= 15 is 4.39 Å². The molecule has 5 saturated heterocycles. The molecule has 9 atom stereocenters. The first-order valence-corrected chi connectivity index (χ1v) is 18.4. The molecule has 15 heteroatoms. The quantitative estimate of drug-likeness (QED) is 0.277. The van der Waals surface area contributed by atoms with E-state index < -0.39 is 52.7 Å². The molecule has 2 N–H and O–H groups in total. The number of carboxylic acids is 1. The summed E-state index contributed by atoms with van der Waals surface area (Å²) in [6, 6.07) is 0.685. The Bertz CT molecular complexity index is 1850. The van der Waals surface area contributed by atoms with E-state index in [4.69, 9.17) is 35.6 Å². The lowest BCUT2D eigenvalue weighted by atomic mass is 9.58. The van der Waals surface area contributed by atoms with Crippen LogP contribution in [0, 0.1) is 29.5 Å². The van der Waals surface area contributed by atoms with Gasteiger partial charge < -0.3 is 34.1 Å². The van der Waals surface area contributed by atoms with Gasteiger partial charge in [0.25, 0.3) is 0 Å². The van der Waals surface area contributed by atoms with Crippen LogP contribution in [0.25, 0.3) is 10.9 Å². The lowest BCUT2D eigenvalue weighted by Gasteiger charge is -2.59. The normalized spacial score (nSPS) is 35.7. The molecule has 9 rings (SSSR count). The van der Waals surface area contributed by atoms with Crippen LogP contribution in [0.4, 0.5) is 10.1 Å². The molecule has 1 amide bonds. The molecule has 6 heterocycles. The first-order valence-electron chi connectivity index (χ1n) is 18.0. The Labute approximate surface area is 298 Å². The van der Waals surface area contributed by atoms with E-state index in [0.29, 0.717) is 30.8 Å². The van der Waals surface area contributed by atoms with Crippen molar-refractivity contribution in [2.75, 3.05) is 18.0 Å². The lowest BCUT2D eigenvalue weighted by Crippen LogP contribution is -2.70. The van der Waals surface area contributed by atoms with Crippen molar-refractivity contribution in [3.8, 4) is 0 Å². The molecule has 5 aliphatic heterocycles. The van der Waals surface area contributed by atoms with Crippen molar-refractivity contribution in [3.63, 3.8) is 0 Å². The van der Waals surface area contributed by atoms with Crippen LogP contribution in [0.15, 0.2) is 17.1 Å². The van der Waals surface area contributed by atoms with Gasteiger partial charge in [0.05, 0.1) is 28.0 Å². The highest BCUT2D eigenvalue weighted by molar-refractivity contribution is 6.38. The SMILES string of the molecule is C[C@H]1[C@@H](OC(=O)CCC(=O)NC2CCN(c3c(F)cc4c(=O)c(C(=O)O)cn(C5CC5)c4c3Cl)C2)O[C@@H]2O[C@]3(C)CCC4[C@H](C)CC[C@@H]1C42OO3. The fourth-order valence-electron chi connectivity index (χ4n) is 9.31. The number of aromatic carboxylic acids is 1. The number of fused-ring (bicyclic) bond motifs is 3. The Morgan fingerprint density at radius 3 is 2.63 bits per heavy atom. The number of esters is 1. The Morgan fingerprint density at radius 2 is 1.88 bits per heavy atom. The number of anilines is 1. The van der Waals surface area contributed by atoms with Gasteiger partial charge in [0.15, 0.2) is 11.9 Å². The summed E-state index contributed by atoms with van der Waals surface area (Å²) >= 11 is 6.78. The number of nitrogens with zero attached hydrogens (tertiary/aromatic N) is 2. The number of carbonyl (C=O) groups is 3. The number of hydrogen-bond acceptors (Lipinski definition) is 10. The molecule has 1 spiro atoms. The Morgan fingerprint density at radius 1 is 1.10 bits per heavy atom. The topological polar surface area (TPSA) is 155 Å². The predicted molar refractivity (Wildman–Crippen MR) is 179 cm³/mol. The zero-order valence-corrected chi connectivity index (χ0v) is 29.6. The maximum absolute atomic E-state index is 15.6. The highest BCUT2D eigenvalue weighted by Crippen LogP contribution is 2.60. The minimum Gasteiger partial charge on any atom is -0.477 e. The second-order valence-corrected chi connectivity index (χ2v) is 15.9. The van der Waals surface area contributed by atoms with Crippen LogP contribution in [0.1, 0.15) is 95.0 Å². The summed E-state index contributed by atoms with van der Waals surface area (Å²) in [6.07, 6.45) is 4.93. The van der Waals surface area contributed by atoms with Gasteiger partial charge in [-0.15, -0.1) is 0 Å². The minimum absolute atomic E-state index is 0.00378. The van der Waals surface area contributed by atoms with Crippen LogP contribution in [0.3, 0.4) is 0 Å². The zero-order chi connectivity index (χ0) is 36.0. The second kappa shape index (κ2) is 12.7. The molecular formula is C36H43ClFN3O10. The number of ether oxygens (including phenoxy) is 3. The molecule has 2 saturated carbocycles. The van der Waals surface area contributed by atoms with Crippen molar-refractivity contribution >= 4 is 46.0 Å². The number of aromatic nitrogens is 1. The molecule has 1 aromatic heterocycles. The molecule has 1 aromatic carbocycles. The molecule has 2 aliphatic carbocycles. The van der Waals surface area contributed by atoms with Gasteiger partial charge >= 0.3 is 11.9 Å². The smallest absolute Gasteiger partial charge is 0.341 e. The number of hydrogen-bond donors (Lipinski definition) is 2. The molecule has 2 aromatic rings. The number of carboxylic acid groups (broad SMARTS) is 1. The van der Waals surface area contributed by atoms with E-state index in [9.17, 15) is 24.3 Å². The van der Waals surface area contributed by atoms with Crippen LogP contribution in [0.2, 0.25) is 5.02 Å². The van der Waals surface area contributed by atoms with Gasteiger partial charge in [0.1, 0.15) is 11.4 Å². The van der Waals surface area contributed by atoms with Crippen molar-refractivity contribution < 1.29 is 47.9 Å². The largest absolute Gasteiger partial charge is 0.477 e. The summed E-state index contributed by atoms with van der Waals surface area (Å²) in [5.41, 5.74) is -1.60. The standard InChI is InChI=1S/C36H43ClFN3O10/c1-17-4-7-24-18(2)33(48-34-36(24)23(17)10-12-35(3,49-34)50-51-36)47-27(43)9-8-26(42)39-19-11-13-40(15-19)30-25(38)14-21-29(28(30)37)41(20-5-6-20)16-22(31(21)44)32(45)46/h14,16-20,23-24,33-34H,4-13,15H2,1-3H3,(H,39,42)(H,45,46)/t17-,18-,19?,23?,24+,33+,34-,35+,36?/m1/s1. The number of amides is 1. The summed E-state index contributed by atoms with van der Waals surface area (Å²) in [5, 5.41) is 12.4. The van der Waals surface area contributed by atoms with Crippen molar-refractivity contribution in [2.45, 2.75) is 115 Å². The van der Waals surface area contributed by atoms with Crippen molar-refractivity contribution in [1.82, 2.24) is 9.88 Å². The first kappa shape index (κ1) is 34.8. The highest BCUT2D eigenvalue weighted by atomic mass is 35.5. The number of nitrogens with one attached hydrogen (secondary N) is 1. The molecule has 0 radical (unpaired) electrons. The predicted octanol–water partition coefficient (Wildman–Crippen LogP) is 5.05. The van der Waals surface area contributed by atoms with Crippen LogP contribution in [-0.2, 0) is 33.6 Å². The summed E-state index contributed by atoms with van der Waals surface area (Å²) in [4.78, 5) is 64.4. The van der Waals surface area contributed by atoms with E-state index in [1.165, 1.54) is 6.20 Å². The molecule has 7 aliphatic rings. The average molecular weight is 732 g/mol. The Hall–Kier alpha value is -3.30.